The van der Waals surface area contributed by atoms with Gasteiger partial charge in [-0.1, -0.05) is 0 Å². The molecule has 0 unspecified atom stereocenters. The largest absolute Gasteiger partial charge is 0.481 e. The standard InChI is InChI=1S/C18H22N4O3/c1-23-17-9-16(20-12-21-17)22-10-15(18-14(22)3-2-8-24-18)25-11-13-4-6-19-7-5-13/h4-7,9,12,14-15,18H,2-3,8,10-11H2,1H3/t14-,15+,18+/m0/s1. The molecule has 0 aliphatic carbocycles. The van der Waals surface area contributed by atoms with Crippen LogP contribution >= 0.6 is 0 Å². The Bertz CT molecular complexity index is 700. The van der Waals surface area contributed by atoms with Crippen molar-refractivity contribution in [2.45, 2.75) is 37.7 Å². The van der Waals surface area contributed by atoms with Gasteiger partial charge >= 0.3 is 0 Å². The number of ether oxygens (including phenoxy) is 3. The predicted octanol–water partition coefficient (Wildman–Crippen LogP) is 1.83. The molecule has 25 heavy (non-hydrogen) atoms. The molecule has 2 aromatic rings. The van der Waals surface area contributed by atoms with Crippen LogP contribution in [0.15, 0.2) is 36.9 Å². The van der Waals surface area contributed by atoms with Gasteiger partial charge in [-0.15, -0.1) is 0 Å². The van der Waals surface area contributed by atoms with Crippen LogP contribution in [0.5, 0.6) is 5.88 Å². The molecule has 0 aromatic carbocycles. The lowest BCUT2D eigenvalue weighted by Gasteiger charge is -2.32. The van der Waals surface area contributed by atoms with Gasteiger partial charge in [0, 0.05) is 31.6 Å². The second kappa shape index (κ2) is 7.33. The number of fused-ring (bicyclic) bond motifs is 1. The fraction of sp³-hybridized carbons (Fsp3) is 0.500. The Hall–Kier alpha value is -2.25. The van der Waals surface area contributed by atoms with Crippen molar-refractivity contribution in [3.05, 3.63) is 42.5 Å². The van der Waals surface area contributed by atoms with E-state index < -0.39 is 0 Å². The van der Waals surface area contributed by atoms with Gasteiger partial charge in [-0.05, 0) is 30.5 Å². The van der Waals surface area contributed by atoms with Crippen LogP contribution in [0, 0.1) is 0 Å². The minimum Gasteiger partial charge on any atom is -0.481 e. The van der Waals surface area contributed by atoms with E-state index in [0.717, 1.165) is 37.4 Å². The lowest BCUT2D eigenvalue weighted by atomic mass is 10.0. The van der Waals surface area contributed by atoms with Gasteiger partial charge in [0.1, 0.15) is 24.4 Å². The second-order valence-corrected chi connectivity index (χ2v) is 6.32. The molecular formula is C18H22N4O3. The second-order valence-electron chi connectivity index (χ2n) is 6.32. The molecular weight excluding hydrogens is 320 g/mol. The van der Waals surface area contributed by atoms with Crippen molar-refractivity contribution in [3.63, 3.8) is 0 Å². The summed E-state index contributed by atoms with van der Waals surface area (Å²) in [6.07, 6.45) is 7.32. The van der Waals surface area contributed by atoms with Crippen LogP contribution in [0.4, 0.5) is 5.82 Å². The van der Waals surface area contributed by atoms with E-state index in [0.29, 0.717) is 12.5 Å². The Morgan fingerprint density at radius 2 is 2.16 bits per heavy atom. The SMILES string of the molecule is COc1cc(N2C[C@@H](OCc3ccncc3)[C@@H]3OCCC[C@@H]32)ncn1. The summed E-state index contributed by atoms with van der Waals surface area (Å²) in [4.78, 5) is 14.8. The summed E-state index contributed by atoms with van der Waals surface area (Å²) in [7, 11) is 1.61. The monoisotopic (exact) mass is 342 g/mol. The highest BCUT2D eigenvalue weighted by molar-refractivity contribution is 5.45. The zero-order valence-electron chi connectivity index (χ0n) is 14.2. The Labute approximate surface area is 147 Å². The zero-order valence-corrected chi connectivity index (χ0v) is 14.2. The number of hydrogen-bond acceptors (Lipinski definition) is 7. The number of rotatable bonds is 5. The van der Waals surface area contributed by atoms with Crippen LogP contribution in [0.25, 0.3) is 0 Å². The van der Waals surface area contributed by atoms with Gasteiger partial charge in [-0.3, -0.25) is 4.98 Å². The zero-order chi connectivity index (χ0) is 17.1. The molecule has 2 fully saturated rings. The third-order valence-corrected chi connectivity index (χ3v) is 4.82. The van der Waals surface area contributed by atoms with Gasteiger partial charge < -0.3 is 19.1 Å². The molecule has 2 aliphatic rings. The smallest absolute Gasteiger partial charge is 0.218 e. The minimum atomic E-state index is 0.0134. The van der Waals surface area contributed by atoms with E-state index >= 15 is 0 Å². The van der Waals surface area contributed by atoms with Crippen molar-refractivity contribution in [2.75, 3.05) is 25.2 Å². The summed E-state index contributed by atoms with van der Waals surface area (Å²) in [5.74, 6) is 1.43. The highest BCUT2D eigenvalue weighted by Crippen LogP contribution is 2.34. The number of anilines is 1. The molecule has 0 amide bonds. The molecule has 0 radical (unpaired) electrons. The normalized spacial score (nSPS) is 25.6. The molecule has 0 N–H and O–H groups in total. The molecule has 7 nitrogen and oxygen atoms in total. The number of pyridine rings is 1. The van der Waals surface area contributed by atoms with Gasteiger partial charge in [0.25, 0.3) is 0 Å². The van der Waals surface area contributed by atoms with Crippen LogP contribution in [-0.2, 0) is 16.1 Å². The van der Waals surface area contributed by atoms with Gasteiger partial charge in [-0.25, -0.2) is 9.97 Å². The molecule has 0 spiro atoms. The molecule has 2 aromatic heterocycles. The third kappa shape index (κ3) is 3.43. The minimum absolute atomic E-state index is 0.0134. The highest BCUT2D eigenvalue weighted by Gasteiger charge is 2.45. The summed E-state index contributed by atoms with van der Waals surface area (Å²) < 4.78 is 17.5. The van der Waals surface area contributed by atoms with Gasteiger partial charge in [0.15, 0.2) is 0 Å². The number of aromatic nitrogens is 3. The first-order valence-corrected chi connectivity index (χ1v) is 8.60. The van der Waals surface area contributed by atoms with Crippen molar-refractivity contribution < 1.29 is 14.2 Å². The maximum atomic E-state index is 6.20. The van der Waals surface area contributed by atoms with Gasteiger partial charge in [-0.2, -0.15) is 0 Å². The van der Waals surface area contributed by atoms with Crippen LogP contribution in [0.1, 0.15) is 18.4 Å². The molecule has 4 heterocycles. The van der Waals surface area contributed by atoms with E-state index in [9.17, 15) is 0 Å². The lowest BCUT2D eigenvalue weighted by molar-refractivity contribution is -0.0784. The molecule has 0 bridgehead atoms. The first-order chi connectivity index (χ1) is 12.3. The number of methoxy groups -OCH3 is 1. The average molecular weight is 342 g/mol. The Morgan fingerprint density at radius 1 is 1.28 bits per heavy atom. The van der Waals surface area contributed by atoms with Crippen LogP contribution in [0.3, 0.4) is 0 Å². The number of hydrogen-bond donors (Lipinski definition) is 0. The Kier molecular flexibility index (Phi) is 4.76. The fourth-order valence-corrected chi connectivity index (χ4v) is 3.60. The van der Waals surface area contributed by atoms with Crippen molar-refractivity contribution >= 4 is 5.82 Å². The highest BCUT2D eigenvalue weighted by atomic mass is 16.5. The van der Waals surface area contributed by atoms with Crippen molar-refractivity contribution in [1.82, 2.24) is 15.0 Å². The molecule has 7 heteroatoms. The predicted molar refractivity (Wildman–Crippen MR) is 91.5 cm³/mol. The lowest BCUT2D eigenvalue weighted by Crippen LogP contribution is -2.42. The summed E-state index contributed by atoms with van der Waals surface area (Å²) in [6.45, 7) is 2.10. The van der Waals surface area contributed by atoms with E-state index in [1.54, 1.807) is 19.5 Å². The van der Waals surface area contributed by atoms with E-state index in [-0.39, 0.29) is 18.2 Å². The van der Waals surface area contributed by atoms with Gasteiger partial charge in [0.2, 0.25) is 5.88 Å². The van der Waals surface area contributed by atoms with Gasteiger partial charge in [0.05, 0.1) is 19.8 Å². The van der Waals surface area contributed by atoms with Crippen molar-refractivity contribution in [1.29, 1.82) is 0 Å². The van der Waals surface area contributed by atoms with Crippen LogP contribution in [-0.4, -0.2) is 53.5 Å². The van der Waals surface area contributed by atoms with E-state index in [1.807, 2.05) is 18.2 Å². The molecule has 4 rings (SSSR count). The summed E-state index contributed by atoms with van der Waals surface area (Å²) in [5.41, 5.74) is 1.12. The van der Waals surface area contributed by atoms with Crippen LogP contribution < -0.4 is 9.64 Å². The third-order valence-electron chi connectivity index (χ3n) is 4.82. The molecule has 2 saturated heterocycles. The van der Waals surface area contributed by atoms with E-state index in [2.05, 4.69) is 19.9 Å². The quantitative estimate of drug-likeness (QED) is 0.821. The summed E-state index contributed by atoms with van der Waals surface area (Å²) in [5, 5.41) is 0. The first-order valence-electron chi connectivity index (χ1n) is 8.60. The van der Waals surface area contributed by atoms with Crippen molar-refractivity contribution in [2.24, 2.45) is 0 Å². The van der Waals surface area contributed by atoms with Crippen LogP contribution in [0.2, 0.25) is 0 Å². The van der Waals surface area contributed by atoms with Crippen molar-refractivity contribution in [3.8, 4) is 5.88 Å². The topological polar surface area (TPSA) is 69.6 Å². The Morgan fingerprint density at radius 3 is 3.00 bits per heavy atom. The van der Waals surface area contributed by atoms with E-state index in [1.165, 1.54) is 6.33 Å². The summed E-state index contributed by atoms with van der Waals surface area (Å²) in [6, 6.07) is 6.09. The average Bonchev–Trinajstić information content (AvgIpc) is 3.06. The van der Waals surface area contributed by atoms with E-state index in [4.69, 9.17) is 14.2 Å². The fourth-order valence-electron chi connectivity index (χ4n) is 3.60. The number of nitrogens with zero attached hydrogens (tertiary/aromatic N) is 4. The molecule has 2 aliphatic heterocycles. The Balaban J connectivity index is 1.51. The first kappa shape index (κ1) is 16.2. The summed E-state index contributed by atoms with van der Waals surface area (Å²) >= 11 is 0. The maximum absolute atomic E-state index is 6.20. The maximum Gasteiger partial charge on any atom is 0.218 e. The molecule has 3 atom stereocenters. The molecule has 0 saturated carbocycles. The molecule has 132 valence electrons.